The highest BCUT2D eigenvalue weighted by molar-refractivity contribution is 7.18. The van der Waals surface area contributed by atoms with Gasteiger partial charge in [-0.25, -0.2) is 9.67 Å². The molecule has 1 aromatic carbocycles. The molecule has 8 nitrogen and oxygen atoms in total. The van der Waals surface area contributed by atoms with E-state index in [9.17, 15) is 9.59 Å². The number of piperazine rings is 1. The van der Waals surface area contributed by atoms with Crippen LogP contribution in [0.1, 0.15) is 17.6 Å². The van der Waals surface area contributed by atoms with Crippen molar-refractivity contribution in [1.82, 2.24) is 19.7 Å². The fraction of sp³-hybridized carbons (Fsp3) is 0.429. The van der Waals surface area contributed by atoms with E-state index in [4.69, 9.17) is 4.74 Å². The molecule has 30 heavy (non-hydrogen) atoms. The van der Waals surface area contributed by atoms with E-state index in [0.29, 0.717) is 18.6 Å². The predicted molar refractivity (Wildman–Crippen MR) is 118 cm³/mol. The summed E-state index contributed by atoms with van der Waals surface area (Å²) in [5.74, 6) is 0.718. The van der Waals surface area contributed by atoms with Gasteiger partial charge in [-0.3, -0.25) is 9.59 Å². The van der Waals surface area contributed by atoms with Gasteiger partial charge in [-0.1, -0.05) is 13.0 Å². The monoisotopic (exact) mass is 427 g/mol. The van der Waals surface area contributed by atoms with Gasteiger partial charge in [0.25, 0.3) is 5.56 Å². The summed E-state index contributed by atoms with van der Waals surface area (Å²) in [6.07, 6.45) is 0.773. The standard InChI is InChI=1S/C21H25N5O3S/c1-4-17-22-19-20(30-17)14(2)23-26(21(19)28)13-18(27)25-10-8-24(9-11-25)15-6-5-7-16(12-15)29-3/h5-7,12H,4,8-11,13H2,1-3H3. The molecule has 3 heterocycles. The minimum absolute atomic E-state index is 0.0617. The van der Waals surface area contributed by atoms with Crippen LogP contribution < -0.4 is 15.2 Å². The Labute approximate surface area is 178 Å². The van der Waals surface area contributed by atoms with Gasteiger partial charge in [0.05, 0.1) is 22.5 Å². The topological polar surface area (TPSA) is 80.6 Å². The summed E-state index contributed by atoms with van der Waals surface area (Å²) in [5, 5.41) is 5.27. The van der Waals surface area contributed by atoms with E-state index in [2.05, 4.69) is 15.0 Å². The largest absolute Gasteiger partial charge is 0.497 e. The van der Waals surface area contributed by atoms with E-state index in [1.165, 1.54) is 16.0 Å². The number of aromatic nitrogens is 3. The molecule has 0 atom stereocenters. The molecule has 3 aromatic rings. The molecule has 4 rings (SSSR count). The summed E-state index contributed by atoms with van der Waals surface area (Å²) in [7, 11) is 1.65. The second-order valence-electron chi connectivity index (χ2n) is 7.26. The Balaban J connectivity index is 1.45. The van der Waals surface area contributed by atoms with Crippen LogP contribution in [-0.4, -0.2) is 58.9 Å². The molecule has 0 N–H and O–H groups in total. The van der Waals surface area contributed by atoms with E-state index in [1.807, 2.05) is 38.1 Å². The Bertz CT molecular complexity index is 1130. The van der Waals surface area contributed by atoms with Crippen LogP contribution in [0, 0.1) is 6.92 Å². The number of aryl methyl sites for hydroxylation is 2. The number of fused-ring (bicyclic) bond motifs is 1. The molecular formula is C21H25N5O3S. The van der Waals surface area contributed by atoms with Crippen LogP contribution in [0.4, 0.5) is 5.69 Å². The molecule has 2 aromatic heterocycles. The number of nitrogens with zero attached hydrogens (tertiary/aromatic N) is 5. The SMILES string of the molecule is CCc1nc2c(=O)n(CC(=O)N3CCN(c4cccc(OC)c4)CC3)nc(C)c2s1. The molecule has 158 valence electrons. The smallest absolute Gasteiger partial charge is 0.294 e. The Morgan fingerprint density at radius 2 is 2.00 bits per heavy atom. The van der Waals surface area contributed by atoms with Gasteiger partial charge in [0, 0.05) is 37.9 Å². The zero-order valence-electron chi connectivity index (χ0n) is 17.4. The average molecular weight is 428 g/mol. The van der Waals surface area contributed by atoms with Gasteiger partial charge >= 0.3 is 0 Å². The van der Waals surface area contributed by atoms with Crippen molar-refractivity contribution < 1.29 is 9.53 Å². The molecule has 1 aliphatic heterocycles. The summed E-state index contributed by atoms with van der Waals surface area (Å²) < 4.78 is 7.37. The Kier molecular flexibility index (Phi) is 5.72. The van der Waals surface area contributed by atoms with Gasteiger partial charge in [0.15, 0.2) is 5.52 Å². The van der Waals surface area contributed by atoms with Crippen LogP contribution >= 0.6 is 11.3 Å². The maximum atomic E-state index is 12.8. The van der Waals surface area contributed by atoms with Gasteiger partial charge in [-0.15, -0.1) is 11.3 Å². The lowest BCUT2D eigenvalue weighted by Crippen LogP contribution is -2.50. The first-order valence-corrected chi connectivity index (χ1v) is 10.9. The number of benzene rings is 1. The maximum absolute atomic E-state index is 12.8. The lowest BCUT2D eigenvalue weighted by atomic mass is 10.2. The Morgan fingerprint density at radius 3 is 2.70 bits per heavy atom. The fourth-order valence-corrected chi connectivity index (χ4v) is 4.59. The van der Waals surface area contributed by atoms with Crippen LogP contribution in [0.5, 0.6) is 5.75 Å². The summed E-state index contributed by atoms with van der Waals surface area (Å²) in [4.78, 5) is 34.1. The number of anilines is 1. The van der Waals surface area contributed by atoms with E-state index < -0.39 is 0 Å². The predicted octanol–water partition coefficient (Wildman–Crippen LogP) is 2.08. The van der Waals surface area contributed by atoms with Crippen molar-refractivity contribution in [3.8, 4) is 5.75 Å². The number of carbonyl (C=O) groups is 1. The highest BCUT2D eigenvalue weighted by atomic mass is 32.1. The highest BCUT2D eigenvalue weighted by Crippen LogP contribution is 2.23. The fourth-order valence-electron chi connectivity index (χ4n) is 3.66. The van der Waals surface area contributed by atoms with Gasteiger partial charge in [0.2, 0.25) is 5.91 Å². The number of hydrogen-bond acceptors (Lipinski definition) is 7. The molecule has 1 aliphatic rings. The zero-order chi connectivity index (χ0) is 21.3. The Hall–Kier alpha value is -2.94. The molecule has 1 fully saturated rings. The van der Waals surface area contributed by atoms with Crippen molar-refractivity contribution in [2.45, 2.75) is 26.8 Å². The van der Waals surface area contributed by atoms with Crippen LogP contribution in [0.25, 0.3) is 10.2 Å². The van der Waals surface area contributed by atoms with E-state index in [0.717, 1.165) is 46.3 Å². The van der Waals surface area contributed by atoms with E-state index in [1.54, 1.807) is 12.0 Å². The number of thiazole rings is 1. The van der Waals surface area contributed by atoms with Crippen LogP contribution in [0.15, 0.2) is 29.1 Å². The second kappa shape index (κ2) is 8.43. The minimum Gasteiger partial charge on any atom is -0.497 e. The summed E-state index contributed by atoms with van der Waals surface area (Å²) in [6, 6.07) is 7.92. The molecule has 0 aliphatic carbocycles. The summed E-state index contributed by atoms with van der Waals surface area (Å²) >= 11 is 1.50. The van der Waals surface area contributed by atoms with Crippen molar-refractivity contribution >= 4 is 33.1 Å². The molecule has 0 bridgehead atoms. The third-order valence-corrected chi connectivity index (χ3v) is 6.65. The first-order chi connectivity index (χ1) is 14.5. The number of methoxy groups -OCH3 is 1. The van der Waals surface area contributed by atoms with Gasteiger partial charge in [0.1, 0.15) is 12.3 Å². The van der Waals surface area contributed by atoms with Crippen LogP contribution in [0.2, 0.25) is 0 Å². The molecule has 1 amide bonds. The molecule has 0 unspecified atom stereocenters. The van der Waals surface area contributed by atoms with Crippen molar-refractivity contribution in [2.75, 3.05) is 38.2 Å². The number of carbonyl (C=O) groups excluding carboxylic acids is 1. The first-order valence-electron chi connectivity index (χ1n) is 10.0. The molecular weight excluding hydrogens is 402 g/mol. The Morgan fingerprint density at radius 1 is 1.23 bits per heavy atom. The highest BCUT2D eigenvalue weighted by Gasteiger charge is 2.23. The normalized spacial score (nSPS) is 14.4. The number of rotatable bonds is 5. The molecule has 9 heteroatoms. The molecule has 0 saturated carbocycles. The molecule has 1 saturated heterocycles. The number of amides is 1. The van der Waals surface area contributed by atoms with Crippen LogP contribution in [-0.2, 0) is 17.8 Å². The zero-order valence-corrected chi connectivity index (χ0v) is 18.2. The number of hydrogen-bond donors (Lipinski definition) is 0. The van der Waals surface area contributed by atoms with Gasteiger partial charge < -0.3 is 14.5 Å². The van der Waals surface area contributed by atoms with Crippen molar-refractivity contribution in [1.29, 1.82) is 0 Å². The second-order valence-corrected chi connectivity index (χ2v) is 8.34. The van der Waals surface area contributed by atoms with Crippen molar-refractivity contribution in [3.63, 3.8) is 0 Å². The molecule has 0 radical (unpaired) electrons. The average Bonchev–Trinajstić information content (AvgIpc) is 3.23. The summed E-state index contributed by atoms with van der Waals surface area (Å²) in [6.45, 7) is 6.45. The lowest BCUT2D eigenvalue weighted by molar-refractivity contribution is -0.132. The maximum Gasteiger partial charge on any atom is 0.294 e. The van der Waals surface area contributed by atoms with Gasteiger partial charge in [-0.05, 0) is 25.5 Å². The van der Waals surface area contributed by atoms with Crippen LogP contribution in [0.3, 0.4) is 0 Å². The van der Waals surface area contributed by atoms with E-state index >= 15 is 0 Å². The quantitative estimate of drug-likeness (QED) is 0.620. The number of ether oxygens (including phenoxy) is 1. The summed E-state index contributed by atoms with van der Waals surface area (Å²) in [5.41, 5.74) is 1.93. The molecule has 0 spiro atoms. The van der Waals surface area contributed by atoms with Crippen molar-refractivity contribution in [2.24, 2.45) is 0 Å². The first kappa shape index (κ1) is 20.3. The van der Waals surface area contributed by atoms with Crippen molar-refractivity contribution in [3.05, 3.63) is 45.3 Å². The minimum atomic E-state index is -0.296. The lowest BCUT2D eigenvalue weighted by Gasteiger charge is -2.36. The third-order valence-electron chi connectivity index (χ3n) is 5.35. The van der Waals surface area contributed by atoms with E-state index in [-0.39, 0.29) is 18.0 Å². The van der Waals surface area contributed by atoms with Gasteiger partial charge in [-0.2, -0.15) is 5.10 Å². The third kappa shape index (κ3) is 3.89.